The molecule has 1 amide bonds. The number of rotatable bonds is 53. The highest BCUT2D eigenvalue weighted by Gasteiger charge is 2.20. The van der Waals surface area contributed by atoms with Gasteiger partial charge in [0.05, 0.1) is 25.4 Å². The predicted octanol–water partition coefficient (Wildman–Crippen LogP) is 17.3. The van der Waals surface area contributed by atoms with Gasteiger partial charge in [0.15, 0.2) is 0 Å². The lowest BCUT2D eigenvalue weighted by molar-refractivity contribution is -0.143. The average Bonchev–Trinajstić information content (AvgIpc) is 3.28. The highest BCUT2D eigenvalue weighted by molar-refractivity contribution is 5.76. The summed E-state index contributed by atoms with van der Waals surface area (Å²) in [5, 5.41) is 23.2. The third kappa shape index (κ3) is 49.9. The summed E-state index contributed by atoms with van der Waals surface area (Å²) in [5.41, 5.74) is 0. The van der Waals surface area contributed by atoms with E-state index in [0.29, 0.717) is 25.9 Å². The minimum Gasteiger partial charge on any atom is -0.466 e. The van der Waals surface area contributed by atoms with Crippen LogP contribution in [0.1, 0.15) is 316 Å². The number of hydrogen-bond acceptors (Lipinski definition) is 5. The molecule has 0 aliphatic heterocycles. The Morgan fingerprint density at radius 2 is 0.746 bits per heavy atom. The van der Waals surface area contributed by atoms with E-state index in [0.717, 1.165) is 44.9 Å². The number of aliphatic hydroxyl groups is 2. The summed E-state index contributed by atoms with van der Waals surface area (Å²) in [6.45, 7) is 4.94. The van der Waals surface area contributed by atoms with Crippen LogP contribution in [0.2, 0.25) is 0 Å². The van der Waals surface area contributed by atoms with Crippen molar-refractivity contribution in [2.45, 2.75) is 328 Å². The number of esters is 1. The zero-order valence-corrected chi connectivity index (χ0v) is 42.6. The van der Waals surface area contributed by atoms with E-state index in [2.05, 4.69) is 31.3 Å². The van der Waals surface area contributed by atoms with E-state index in [9.17, 15) is 19.8 Å². The molecule has 6 heteroatoms. The van der Waals surface area contributed by atoms with Gasteiger partial charge in [-0.05, 0) is 51.4 Å². The standard InChI is InChI=1S/C57H111NO5/c1-3-5-7-9-11-13-15-17-18-19-23-27-31-35-39-43-47-51-57(62)63-52-48-44-40-36-32-28-24-21-20-22-26-30-34-38-42-46-50-56(61)58-54(53-59)55(60)49-45-41-37-33-29-25-16-14-12-10-8-6-4-2/h17-18,54-55,59-60H,3-16,19-53H2,1-2H3,(H,58,61)/b18-17-. The summed E-state index contributed by atoms with van der Waals surface area (Å²) in [6, 6.07) is -0.545. The molecule has 0 aliphatic carbocycles. The van der Waals surface area contributed by atoms with Gasteiger partial charge in [-0.1, -0.05) is 264 Å². The Labute approximate surface area is 393 Å². The molecule has 0 aliphatic rings. The first-order valence-corrected chi connectivity index (χ1v) is 28.4. The van der Waals surface area contributed by atoms with Crippen molar-refractivity contribution >= 4 is 11.9 Å². The van der Waals surface area contributed by atoms with Crippen LogP contribution in [-0.4, -0.2) is 47.4 Å². The van der Waals surface area contributed by atoms with Crippen LogP contribution < -0.4 is 5.32 Å². The lowest BCUT2D eigenvalue weighted by atomic mass is 10.0. The largest absolute Gasteiger partial charge is 0.466 e. The minimum absolute atomic E-state index is 0.000344. The molecular formula is C57H111NO5. The van der Waals surface area contributed by atoms with Crippen LogP contribution in [0.25, 0.3) is 0 Å². The maximum atomic E-state index is 12.5. The van der Waals surface area contributed by atoms with Crippen molar-refractivity contribution in [1.29, 1.82) is 0 Å². The highest BCUT2D eigenvalue weighted by atomic mass is 16.5. The molecule has 0 aromatic rings. The average molecular weight is 891 g/mol. The van der Waals surface area contributed by atoms with Gasteiger partial charge in [0.25, 0.3) is 0 Å². The van der Waals surface area contributed by atoms with Gasteiger partial charge in [-0.3, -0.25) is 9.59 Å². The second-order valence-corrected chi connectivity index (χ2v) is 19.6. The van der Waals surface area contributed by atoms with E-state index in [-0.39, 0.29) is 18.5 Å². The zero-order chi connectivity index (χ0) is 45.8. The number of aliphatic hydroxyl groups excluding tert-OH is 2. The van der Waals surface area contributed by atoms with Crippen molar-refractivity contribution in [3.8, 4) is 0 Å². The van der Waals surface area contributed by atoms with Crippen molar-refractivity contribution in [3.05, 3.63) is 12.2 Å². The third-order valence-corrected chi connectivity index (χ3v) is 13.3. The fraction of sp³-hybridized carbons (Fsp3) is 0.930. The summed E-state index contributed by atoms with van der Waals surface area (Å²) in [7, 11) is 0. The number of carbonyl (C=O) groups is 2. The third-order valence-electron chi connectivity index (χ3n) is 13.3. The molecule has 3 N–H and O–H groups in total. The molecule has 0 heterocycles. The summed E-state index contributed by atoms with van der Waals surface area (Å²) in [5.74, 6) is -0.0404. The molecule has 0 fully saturated rings. The Hall–Kier alpha value is -1.40. The predicted molar refractivity (Wildman–Crippen MR) is 273 cm³/mol. The quantitative estimate of drug-likeness (QED) is 0.0321. The van der Waals surface area contributed by atoms with Crippen LogP contribution >= 0.6 is 0 Å². The summed E-state index contributed by atoms with van der Waals surface area (Å²) in [4.78, 5) is 24.5. The molecule has 0 aromatic carbocycles. The number of ether oxygens (including phenoxy) is 1. The van der Waals surface area contributed by atoms with Crippen molar-refractivity contribution in [2.75, 3.05) is 13.2 Å². The van der Waals surface area contributed by atoms with E-state index in [1.165, 1.54) is 238 Å². The molecule has 0 radical (unpaired) electrons. The van der Waals surface area contributed by atoms with E-state index in [4.69, 9.17) is 4.74 Å². The van der Waals surface area contributed by atoms with Crippen LogP contribution in [-0.2, 0) is 14.3 Å². The summed E-state index contributed by atoms with van der Waals surface area (Å²) < 4.78 is 5.48. The van der Waals surface area contributed by atoms with Crippen molar-refractivity contribution in [1.82, 2.24) is 5.32 Å². The Balaban J connectivity index is 3.40. The fourth-order valence-electron chi connectivity index (χ4n) is 8.93. The normalized spacial score (nSPS) is 12.6. The SMILES string of the molecule is CCCCCCCC/C=C\CCCCCCCCCC(=O)OCCCCCCCCCCCCCCCCCCC(=O)NC(CO)C(O)CCCCCCCCCCCCCCC. The molecule has 0 spiro atoms. The maximum Gasteiger partial charge on any atom is 0.305 e. The zero-order valence-electron chi connectivity index (χ0n) is 42.6. The van der Waals surface area contributed by atoms with Crippen molar-refractivity contribution in [2.24, 2.45) is 0 Å². The number of unbranched alkanes of at least 4 members (excludes halogenated alkanes) is 40. The maximum absolute atomic E-state index is 12.5. The summed E-state index contributed by atoms with van der Waals surface area (Å²) in [6.07, 6.45) is 61.9. The van der Waals surface area contributed by atoms with Gasteiger partial charge >= 0.3 is 5.97 Å². The lowest BCUT2D eigenvalue weighted by Gasteiger charge is -2.22. The van der Waals surface area contributed by atoms with Crippen LogP contribution in [0.3, 0.4) is 0 Å². The van der Waals surface area contributed by atoms with Gasteiger partial charge in [-0.2, -0.15) is 0 Å². The van der Waals surface area contributed by atoms with Gasteiger partial charge in [0.1, 0.15) is 0 Å². The molecule has 63 heavy (non-hydrogen) atoms. The summed E-state index contributed by atoms with van der Waals surface area (Å²) >= 11 is 0. The van der Waals surface area contributed by atoms with Gasteiger partial charge < -0.3 is 20.3 Å². The molecular weight excluding hydrogens is 779 g/mol. The molecule has 0 saturated heterocycles. The lowest BCUT2D eigenvalue weighted by Crippen LogP contribution is -2.45. The molecule has 374 valence electrons. The molecule has 6 nitrogen and oxygen atoms in total. The van der Waals surface area contributed by atoms with E-state index in [1.807, 2.05) is 0 Å². The Bertz CT molecular complexity index is 939. The Kier molecular flexibility index (Phi) is 52.0. The molecule has 0 bridgehead atoms. The number of amides is 1. The molecule has 2 atom stereocenters. The Morgan fingerprint density at radius 3 is 1.13 bits per heavy atom. The van der Waals surface area contributed by atoms with E-state index < -0.39 is 12.1 Å². The Morgan fingerprint density at radius 1 is 0.429 bits per heavy atom. The topological polar surface area (TPSA) is 95.9 Å². The number of hydrogen-bond donors (Lipinski definition) is 3. The number of carbonyl (C=O) groups excluding carboxylic acids is 2. The van der Waals surface area contributed by atoms with Crippen LogP contribution in [0.5, 0.6) is 0 Å². The monoisotopic (exact) mass is 890 g/mol. The van der Waals surface area contributed by atoms with Crippen molar-refractivity contribution < 1.29 is 24.5 Å². The van der Waals surface area contributed by atoms with Crippen LogP contribution in [0.15, 0.2) is 12.2 Å². The first kappa shape index (κ1) is 61.6. The van der Waals surface area contributed by atoms with Gasteiger partial charge in [0, 0.05) is 12.8 Å². The molecule has 0 rings (SSSR count). The van der Waals surface area contributed by atoms with Gasteiger partial charge in [0.2, 0.25) is 5.91 Å². The first-order valence-electron chi connectivity index (χ1n) is 28.4. The molecule has 2 unspecified atom stereocenters. The van der Waals surface area contributed by atoms with Crippen LogP contribution in [0.4, 0.5) is 0 Å². The second kappa shape index (κ2) is 53.2. The minimum atomic E-state index is -0.667. The van der Waals surface area contributed by atoms with E-state index in [1.54, 1.807) is 0 Å². The number of nitrogens with one attached hydrogen (secondary N) is 1. The van der Waals surface area contributed by atoms with Crippen LogP contribution in [0, 0.1) is 0 Å². The fourth-order valence-corrected chi connectivity index (χ4v) is 8.93. The molecule has 0 saturated carbocycles. The van der Waals surface area contributed by atoms with Gasteiger partial charge in [-0.15, -0.1) is 0 Å². The first-order chi connectivity index (χ1) is 31.0. The highest BCUT2D eigenvalue weighted by Crippen LogP contribution is 2.17. The van der Waals surface area contributed by atoms with Crippen molar-refractivity contribution in [3.63, 3.8) is 0 Å². The van der Waals surface area contributed by atoms with E-state index >= 15 is 0 Å². The number of allylic oxidation sites excluding steroid dienone is 2. The second-order valence-electron chi connectivity index (χ2n) is 19.6. The molecule has 0 aromatic heterocycles. The van der Waals surface area contributed by atoms with Gasteiger partial charge in [-0.25, -0.2) is 0 Å². The smallest absolute Gasteiger partial charge is 0.305 e.